The molecular formula is C27H27ClN6O4. The summed E-state index contributed by atoms with van der Waals surface area (Å²) in [6.07, 6.45) is 1.73. The predicted molar refractivity (Wildman–Crippen MR) is 139 cm³/mol. The number of aromatic amines is 1. The van der Waals surface area contributed by atoms with Crippen LogP contribution in [0.2, 0.25) is 5.02 Å². The summed E-state index contributed by atoms with van der Waals surface area (Å²) in [6, 6.07) is 15.3. The van der Waals surface area contributed by atoms with E-state index in [9.17, 15) is 19.8 Å². The average Bonchev–Trinajstić information content (AvgIpc) is 3.66. The number of hydrogen-bond acceptors (Lipinski definition) is 6. The summed E-state index contributed by atoms with van der Waals surface area (Å²) in [6.45, 7) is 2.01. The fraction of sp³-hybridized carbons (Fsp3) is 0.259. The molecule has 4 atom stereocenters. The second kappa shape index (κ2) is 10.8. The maximum atomic E-state index is 13.4. The number of nitrogens with zero attached hydrogens (tertiary/aromatic N) is 4. The van der Waals surface area contributed by atoms with Crippen molar-refractivity contribution in [3.8, 4) is 5.69 Å². The number of carbonyl (C=O) groups excluding carboxylic acids is 2. The number of aliphatic hydroxyl groups excluding tert-OH is 2. The Balaban J connectivity index is 1.28. The molecule has 0 fully saturated rings. The second-order valence-corrected chi connectivity index (χ2v) is 9.62. The molecule has 0 unspecified atom stereocenters. The van der Waals surface area contributed by atoms with Gasteiger partial charge in [-0.3, -0.25) is 14.7 Å². The summed E-state index contributed by atoms with van der Waals surface area (Å²) < 4.78 is 1.71. The number of aromatic nitrogens is 4. The number of fused-ring (bicyclic) bond motifs is 1. The fourth-order valence-electron chi connectivity index (χ4n) is 4.74. The van der Waals surface area contributed by atoms with E-state index in [1.807, 2.05) is 48.7 Å². The monoisotopic (exact) mass is 534 g/mol. The molecule has 0 bridgehead atoms. The molecule has 0 saturated heterocycles. The molecule has 0 saturated carbocycles. The number of benzene rings is 2. The van der Waals surface area contributed by atoms with Gasteiger partial charge in [0.2, 0.25) is 0 Å². The molecule has 0 spiro atoms. The van der Waals surface area contributed by atoms with Gasteiger partial charge in [0.1, 0.15) is 6.04 Å². The van der Waals surface area contributed by atoms with Gasteiger partial charge in [-0.1, -0.05) is 29.8 Å². The van der Waals surface area contributed by atoms with Crippen LogP contribution in [-0.4, -0.2) is 65.7 Å². The molecule has 0 aliphatic carbocycles. The SMILES string of the molecule is C[C@@H](NC(=O)[C@H](O)[C@@H](O)C(=O)N1CCc2cc(Cl)ccc2[C@@H]1c1cc[nH]n1)c1ccc(-n2cccn2)cc1. The van der Waals surface area contributed by atoms with Crippen LogP contribution in [0.3, 0.4) is 0 Å². The fourth-order valence-corrected chi connectivity index (χ4v) is 4.94. The van der Waals surface area contributed by atoms with Crippen molar-refractivity contribution in [3.63, 3.8) is 0 Å². The summed E-state index contributed by atoms with van der Waals surface area (Å²) in [5.41, 5.74) is 4.00. The maximum absolute atomic E-state index is 13.4. The van der Waals surface area contributed by atoms with Gasteiger partial charge in [-0.15, -0.1) is 0 Å². The standard InChI is InChI=1S/C27H27ClN6O4/c1-16(17-3-6-20(7-4-17)34-13-2-11-30-34)31-26(37)24(35)25(36)27(38)33-14-10-18-15-19(28)5-8-21(18)23(33)22-9-12-29-32-22/h2-9,11-13,15-16,23-25,35-36H,10,14H2,1H3,(H,29,32)(H,31,37)/t16-,23-,24-,25-/m1/s1. The average molecular weight is 535 g/mol. The highest BCUT2D eigenvalue weighted by Crippen LogP contribution is 2.36. The van der Waals surface area contributed by atoms with Crippen molar-refractivity contribution in [1.29, 1.82) is 0 Å². The summed E-state index contributed by atoms with van der Waals surface area (Å²) in [4.78, 5) is 27.6. The second-order valence-electron chi connectivity index (χ2n) is 9.19. The van der Waals surface area contributed by atoms with Crippen molar-refractivity contribution >= 4 is 23.4 Å². The minimum atomic E-state index is -1.96. The Morgan fingerprint density at radius 3 is 2.61 bits per heavy atom. The molecule has 4 aromatic rings. The maximum Gasteiger partial charge on any atom is 0.255 e. The van der Waals surface area contributed by atoms with Crippen molar-refractivity contribution in [1.82, 2.24) is 30.2 Å². The van der Waals surface area contributed by atoms with Crippen molar-refractivity contribution in [2.75, 3.05) is 6.54 Å². The molecule has 38 heavy (non-hydrogen) atoms. The van der Waals surface area contributed by atoms with E-state index in [0.717, 1.165) is 22.4 Å². The summed E-state index contributed by atoms with van der Waals surface area (Å²) >= 11 is 6.17. The normalized spacial score (nSPS) is 17.4. The summed E-state index contributed by atoms with van der Waals surface area (Å²) in [5.74, 6) is -1.62. The van der Waals surface area contributed by atoms with Gasteiger partial charge in [0.15, 0.2) is 12.2 Å². The van der Waals surface area contributed by atoms with Gasteiger partial charge in [0.05, 0.1) is 17.4 Å². The minimum Gasteiger partial charge on any atom is -0.380 e. The zero-order chi connectivity index (χ0) is 26.8. The van der Waals surface area contributed by atoms with Gasteiger partial charge in [-0.2, -0.15) is 10.2 Å². The van der Waals surface area contributed by atoms with Gasteiger partial charge >= 0.3 is 0 Å². The van der Waals surface area contributed by atoms with E-state index in [1.54, 1.807) is 36.1 Å². The van der Waals surface area contributed by atoms with E-state index >= 15 is 0 Å². The first-order valence-corrected chi connectivity index (χ1v) is 12.6. The van der Waals surface area contributed by atoms with Crippen LogP contribution >= 0.6 is 11.6 Å². The van der Waals surface area contributed by atoms with E-state index in [0.29, 0.717) is 17.1 Å². The molecule has 3 heterocycles. The van der Waals surface area contributed by atoms with Crippen LogP contribution in [0.25, 0.3) is 5.69 Å². The van der Waals surface area contributed by atoms with Gasteiger partial charge in [-0.25, -0.2) is 4.68 Å². The number of rotatable bonds is 7. The molecular weight excluding hydrogens is 508 g/mol. The molecule has 11 heteroatoms. The molecule has 5 rings (SSSR count). The third-order valence-electron chi connectivity index (χ3n) is 6.76. The number of amides is 2. The number of nitrogens with one attached hydrogen (secondary N) is 2. The largest absolute Gasteiger partial charge is 0.380 e. The molecule has 10 nitrogen and oxygen atoms in total. The molecule has 2 amide bonds. The zero-order valence-corrected chi connectivity index (χ0v) is 21.3. The topological polar surface area (TPSA) is 136 Å². The van der Waals surface area contributed by atoms with E-state index in [1.165, 1.54) is 4.90 Å². The summed E-state index contributed by atoms with van der Waals surface area (Å²) in [5, 5.41) is 35.9. The molecule has 2 aromatic carbocycles. The Morgan fingerprint density at radius 1 is 1.13 bits per heavy atom. The number of hydrogen-bond donors (Lipinski definition) is 4. The van der Waals surface area contributed by atoms with Crippen molar-refractivity contribution in [2.45, 2.75) is 37.6 Å². The van der Waals surface area contributed by atoms with Crippen molar-refractivity contribution in [3.05, 3.63) is 101 Å². The lowest BCUT2D eigenvalue weighted by Gasteiger charge is -2.38. The van der Waals surface area contributed by atoms with Crippen LogP contribution in [0.1, 0.15) is 41.4 Å². The van der Waals surface area contributed by atoms with E-state index < -0.39 is 36.1 Å². The zero-order valence-electron chi connectivity index (χ0n) is 20.5. The third-order valence-corrected chi connectivity index (χ3v) is 7.00. The lowest BCUT2D eigenvalue weighted by Crippen LogP contribution is -2.53. The van der Waals surface area contributed by atoms with Crippen molar-refractivity contribution in [2.24, 2.45) is 0 Å². The highest BCUT2D eigenvalue weighted by Gasteiger charge is 2.40. The van der Waals surface area contributed by atoms with Gasteiger partial charge < -0.3 is 20.4 Å². The first-order chi connectivity index (χ1) is 18.3. The van der Waals surface area contributed by atoms with Crippen LogP contribution in [-0.2, 0) is 16.0 Å². The molecule has 4 N–H and O–H groups in total. The quantitative estimate of drug-likeness (QED) is 0.287. The van der Waals surface area contributed by atoms with Gasteiger partial charge in [0, 0.05) is 30.2 Å². The van der Waals surface area contributed by atoms with Gasteiger partial charge in [0.25, 0.3) is 11.8 Å². The van der Waals surface area contributed by atoms with E-state index in [2.05, 4.69) is 20.6 Å². The Morgan fingerprint density at radius 2 is 1.92 bits per heavy atom. The molecule has 2 aromatic heterocycles. The minimum absolute atomic E-state index is 0.258. The highest BCUT2D eigenvalue weighted by molar-refractivity contribution is 6.30. The lowest BCUT2D eigenvalue weighted by atomic mass is 9.90. The van der Waals surface area contributed by atoms with Crippen LogP contribution < -0.4 is 5.32 Å². The highest BCUT2D eigenvalue weighted by atomic mass is 35.5. The predicted octanol–water partition coefficient (Wildman–Crippen LogP) is 2.32. The molecule has 1 aliphatic heterocycles. The lowest BCUT2D eigenvalue weighted by molar-refractivity contribution is -0.155. The van der Waals surface area contributed by atoms with E-state index in [4.69, 9.17) is 11.6 Å². The first kappa shape index (κ1) is 25.7. The Hall–Kier alpha value is -3.99. The van der Waals surface area contributed by atoms with Crippen molar-refractivity contribution < 1.29 is 19.8 Å². The number of carbonyl (C=O) groups is 2. The smallest absolute Gasteiger partial charge is 0.255 e. The van der Waals surface area contributed by atoms with Crippen LogP contribution in [0, 0.1) is 0 Å². The van der Waals surface area contributed by atoms with E-state index in [-0.39, 0.29) is 6.54 Å². The number of halogens is 1. The van der Waals surface area contributed by atoms with Crippen LogP contribution in [0.15, 0.2) is 73.2 Å². The number of H-pyrrole nitrogens is 1. The molecule has 0 radical (unpaired) electrons. The molecule has 196 valence electrons. The Bertz CT molecular complexity index is 1410. The summed E-state index contributed by atoms with van der Waals surface area (Å²) in [7, 11) is 0. The third kappa shape index (κ3) is 5.06. The van der Waals surface area contributed by atoms with Gasteiger partial charge in [-0.05, 0) is 66.4 Å². The molecule has 1 aliphatic rings. The Labute approximate surface area is 223 Å². The Kier molecular flexibility index (Phi) is 7.28. The number of aliphatic hydroxyl groups is 2. The first-order valence-electron chi connectivity index (χ1n) is 12.2. The van der Waals surface area contributed by atoms with Crippen LogP contribution in [0.5, 0.6) is 0 Å². The van der Waals surface area contributed by atoms with Crippen LogP contribution in [0.4, 0.5) is 0 Å².